The van der Waals surface area contributed by atoms with Gasteiger partial charge in [-0.05, 0) is 83.5 Å². The van der Waals surface area contributed by atoms with E-state index in [9.17, 15) is 34.5 Å². The number of esters is 3. The first kappa shape index (κ1) is 67.9. The number of carboxylic acids is 1. The van der Waals surface area contributed by atoms with Crippen LogP contribution in [0, 0.1) is 0 Å². The molecular weight excluding hydrogens is 949 g/mol. The molecule has 1 aliphatic rings. The van der Waals surface area contributed by atoms with Crippen LogP contribution in [0.2, 0.25) is 0 Å². The summed E-state index contributed by atoms with van der Waals surface area (Å²) in [5, 5.41) is 31.4. The molecule has 0 aliphatic carbocycles. The van der Waals surface area contributed by atoms with Crippen LogP contribution in [0.4, 0.5) is 0 Å². The predicted molar refractivity (Wildman–Crippen MR) is 303 cm³/mol. The summed E-state index contributed by atoms with van der Waals surface area (Å²) in [6.07, 6.45) is 57.6. The summed E-state index contributed by atoms with van der Waals surface area (Å²) in [4.78, 5) is 50.9. The normalized spacial score (nSPS) is 19.2. The van der Waals surface area contributed by atoms with Crippen molar-refractivity contribution in [2.24, 2.45) is 0 Å². The Kier molecular flexibility index (Phi) is 45.0. The van der Waals surface area contributed by atoms with E-state index in [1.165, 1.54) is 38.5 Å². The average Bonchev–Trinajstić information content (AvgIpc) is 3.39. The molecule has 0 bridgehead atoms. The molecule has 12 nitrogen and oxygen atoms in total. The molecule has 1 heterocycles. The molecule has 3 N–H and O–H groups in total. The van der Waals surface area contributed by atoms with Crippen molar-refractivity contribution in [2.75, 3.05) is 13.2 Å². The number of hydrogen-bond acceptors (Lipinski definition) is 11. The summed E-state index contributed by atoms with van der Waals surface area (Å²) in [7, 11) is 0. The highest BCUT2D eigenvalue weighted by atomic mass is 16.7. The molecule has 0 spiro atoms. The van der Waals surface area contributed by atoms with Crippen molar-refractivity contribution in [3.63, 3.8) is 0 Å². The number of carbonyl (C=O) groups is 4. The molecule has 0 aromatic carbocycles. The molecule has 0 radical (unpaired) electrons. The summed E-state index contributed by atoms with van der Waals surface area (Å²) < 4.78 is 28.1. The number of ether oxygens (including phenoxy) is 5. The molecule has 1 aliphatic heterocycles. The van der Waals surface area contributed by atoms with Gasteiger partial charge in [0.15, 0.2) is 24.6 Å². The van der Waals surface area contributed by atoms with Crippen molar-refractivity contribution < 1.29 is 58.2 Å². The Morgan fingerprint density at radius 3 is 1.32 bits per heavy atom. The first-order valence-corrected chi connectivity index (χ1v) is 28.2. The van der Waals surface area contributed by atoms with E-state index in [1.54, 1.807) is 6.08 Å². The largest absolute Gasteiger partial charge is 0.479 e. The van der Waals surface area contributed by atoms with Crippen LogP contribution in [0.5, 0.6) is 0 Å². The minimum atomic E-state index is -1.93. The van der Waals surface area contributed by atoms with E-state index < -0.39 is 73.9 Å². The number of carbonyl (C=O) groups excluding carboxylic acids is 3. The van der Waals surface area contributed by atoms with Crippen LogP contribution in [0.15, 0.2) is 134 Å². The Bertz CT molecular complexity index is 1810. The first-order chi connectivity index (χ1) is 36.6. The lowest BCUT2D eigenvalue weighted by atomic mass is 9.98. The predicted octanol–water partition coefficient (Wildman–Crippen LogP) is 14.2. The van der Waals surface area contributed by atoms with Crippen LogP contribution in [0.25, 0.3) is 0 Å². The van der Waals surface area contributed by atoms with Gasteiger partial charge in [0.1, 0.15) is 18.8 Å². The molecule has 0 aromatic heterocycles. The summed E-state index contributed by atoms with van der Waals surface area (Å²) in [5.41, 5.74) is 0. The molecule has 6 atom stereocenters. The fraction of sp³-hybridized carbons (Fsp3) is 0.587. The highest BCUT2D eigenvalue weighted by Gasteiger charge is 2.50. The van der Waals surface area contributed by atoms with E-state index in [-0.39, 0.29) is 19.3 Å². The second kappa shape index (κ2) is 49.7. The van der Waals surface area contributed by atoms with Crippen molar-refractivity contribution >= 4 is 23.9 Å². The molecule has 12 heteroatoms. The maximum atomic E-state index is 13.1. The zero-order valence-electron chi connectivity index (χ0n) is 46.0. The minimum Gasteiger partial charge on any atom is -0.479 e. The van der Waals surface area contributed by atoms with Gasteiger partial charge >= 0.3 is 23.9 Å². The number of carboxylic acid groups (broad SMARTS) is 1. The van der Waals surface area contributed by atoms with Crippen LogP contribution in [-0.4, -0.2) is 89.2 Å². The summed E-state index contributed by atoms with van der Waals surface area (Å²) in [6.45, 7) is 5.57. The summed E-state index contributed by atoms with van der Waals surface area (Å²) in [5.74, 6) is -3.42. The standard InChI is InChI=1S/C63H96O12/c1-4-7-10-13-16-19-22-24-26-27-28-29-31-32-35-37-40-43-46-49-55(64)71-52-54(73-56(65)50-47-44-41-39-36-33-30-25-23-20-17-14-11-8-5-2)53-72-63-61(59(68)58(67)60(75-63)62(69)70)74-57(66)51-48-45-42-38-34-21-18-15-12-9-6-3/h7-8,10-11,16-17,19-20,24-26,28-30,32,35-36,39-40,43-44,47,54,58-61,63,67-68H,4-6,9,12-15,18,21-23,27,31,33-34,37-38,41-42,45-46,48-53H2,1-3H3,(H,69,70)/b10-7-,11-8-,19-16-,20-17-,26-24-,29-28-,30-25-,35-32-,39-36-,43-40-,47-44-. The number of hydrogen-bond donors (Lipinski definition) is 3. The van der Waals surface area contributed by atoms with E-state index in [4.69, 9.17) is 23.7 Å². The van der Waals surface area contributed by atoms with E-state index in [1.807, 2.05) is 30.4 Å². The third-order valence-corrected chi connectivity index (χ3v) is 11.8. The van der Waals surface area contributed by atoms with Crippen LogP contribution in [0.3, 0.4) is 0 Å². The second-order valence-electron chi connectivity index (χ2n) is 18.5. The SMILES string of the molecule is CC/C=C\C/C=C\C/C=C\C/C=C\C/C=C\C/C=C\CCC(=O)OCC(COC1OC(C(=O)O)C(O)C(O)C1OC(=O)CCCCCCCCCCCCC)OC(=O)C/C=C\C/C=C\C/C=C\C/C=C\C/C=C\CC. The van der Waals surface area contributed by atoms with Gasteiger partial charge in [-0.25, -0.2) is 4.79 Å². The van der Waals surface area contributed by atoms with Crippen molar-refractivity contribution in [3.05, 3.63) is 134 Å². The Balaban J connectivity index is 2.81. The fourth-order valence-electron chi connectivity index (χ4n) is 7.53. The van der Waals surface area contributed by atoms with Crippen molar-refractivity contribution in [3.8, 4) is 0 Å². The molecule has 75 heavy (non-hydrogen) atoms. The molecule has 0 aromatic rings. The Morgan fingerprint density at radius 2 is 0.880 bits per heavy atom. The van der Waals surface area contributed by atoms with E-state index in [2.05, 4.69) is 118 Å². The van der Waals surface area contributed by atoms with Gasteiger partial charge in [0.2, 0.25) is 0 Å². The monoisotopic (exact) mass is 1040 g/mol. The van der Waals surface area contributed by atoms with E-state index in [0.29, 0.717) is 25.7 Å². The number of allylic oxidation sites excluding steroid dienone is 21. The first-order valence-electron chi connectivity index (χ1n) is 28.2. The van der Waals surface area contributed by atoms with Crippen LogP contribution < -0.4 is 0 Å². The Labute approximate surface area is 451 Å². The maximum absolute atomic E-state index is 13.1. The lowest BCUT2D eigenvalue weighted by molar-refractivity contribution is -0.301. The zero-order chi connectivity index (χ0) is 54.7. The van der Waals surface area contributed by atoms with Gasteiger partial charge in [-0.1, -0.05) is 219 Å². The lowest BCUT2D eigenvalue weighted by Gasteiger charge is -2.40. The van der Waals surface area contributed by atoms with Crippen molar-refractivity contribution in [1.29, 1.82) is 0 Å². The zero-order valence-corrected chi connectivity index (χ0v) is 46.0. The quantitative estimate of drug-likeness (QED) is 0.0228. The van der Waals surface area contributed by atoms with Gasteiger partial charge in [-0.15, -0.1) is 0 Å². The highest BCUT2D eigenvalue weighted by molar-refractivity contribution is 5.74. The number of aliphatic hydroxyl groups excluding tert-OH is 2. The third kappa shape index (κ3) is 39.9. The average molecular weight is 1050 g/mol. The van der Waals surface area contributed by atoms with Crippen molar-refractivity contribution in [2.45, 2.75) is 225 Å². The second-order valence-corrected chi connectivity index (χ2v) is 18.5. The van der Waals surface area contributed by atoms with E-state index >= 15 is 0 Å². The van der Waals surface area contributed by atoms with Crippen LogP contribution in [0.1, 0.15) is 188 Å². The third-order valence-electron chi connectivity index (χ3n) is 11.8. The number of aliphatic hydroxyl groups is 2. The van der Waals surface area contributed by atoms with Crippen LogP contribution in [-0.2, 0) is 42.9 Å². The molecule has 6 unspecified atom stereocenters. The maximum Gasteiger partial charge on any atom is 0.335 e. The molecular formula is C63H96O12. The van der Waals surface area contributed by atoms with Gasteiger partial charge in [-0.2, -0.15) is 0 Å². The fourth-order valence-corrected chi connectivity index (χ4v) is 7.53. The number of aliphatic carboxylic acids is 1. The van der Waals surface area contributed by atoms with Gasteiger partial charge < -0.3 is 39.0 Å². The van der Waals surface area contributed by atoms with Crippen molar-refractivity contribution in [1.82, 2.24) is 0 Å². The highest BCUT2D eigenvalue weighted by Crippen LogP contribution is 2.26. The number of unbranched alkanes of at least 4 members (excludes halogenated alkanes) is 10. The minimum absolute atomic E-state index is 0.0377. The van der Waals surface area contributed by atoms with Gasteiger partial charge in [0.05, 0.1) is 13.0 Å². The molecule has 1 saturated heterocycles. The molecule has 1 fully saturated rings. The summed E-state index contributed by atoms with van der Waals surface area (Å²) in [6, 6.07) is 0. The molecule has 420 valence electrons. The summed E-state index contributed by atoms with van der Waals surface area (Å²) >= 11 is 0. The number of rotatable bonds is 45. The van der Waals surface area contributed by atoms with Gasteiger partial charge in [-0.3, -0.25) is 14.4 Å². The van der Waals surface area contributed by atoms with E-state index in [0.717, 1.165) is 83.5 Å². The lowest BCUT2D eigenvalue weighted by Crippen LogP contribution is -2.61. The van der Waals surface area contributed by atoms with Crippen LogP contribution >= 0.6 is 0 Å². The van der Waals surface area contributed by atoms with Gasteiger partial charge in [0, 0.05) is 12.8 Å². The molecule has 0 saturated carbocycles. The Morgan fingerprint density at radius 1 is 0.467 bits per heavy atom. The van der Waals surface area contributed by atoms with Gasteiger partial charge in [0.25, 0.3) is 0 Å². The molecule has 0 amide bonds. The topological polar surface area (TPSA) is 175 Å². The Hall–Kier alpha value is -5.14. The smallest absolute Gasteiger partial charge is 0.335 e. The molecule has 1 rings (SSSR count).